The predicted octanol–water partition coefficient (Wildman–Crippen LogP) is 2.96. The van der Waals surface area contributed by atoms with Crippen molar-refractivity contribution in [1.29, 1.82) is 0 Å². The van der Waals surface area contributed by atoms with Gasteiger partial charge in [0.25, 0.3) is 0 Å². The zero-order valence-electron chi connectivity index (χ0n) is 9.90. The van der Waals surface area contributed by atoms with Crippen LogP contribution in [0.2, 0.25) is 0 Å². The molecule has 2 heteroatoms. The smallest absolute Gasteiger partial charge is 0.121 e. The molecule has 0 fully saturated rings. The van der Waals surface area contributed by atoms with E-state index in [9.17, 15) is 5.11 Å². The Bertz CT molecular complexity index is 305. The van der Waals surface area contributed by atoms with Gasteiger partial charge in [0, 0.05) is 0 Å². The maximum absolute atomic E-state index is 9.34. The summed E-state index contributed by atoms with van der Waals surface area (Å²) in [5, 5.41) is 9.34. The van der Waals surface area contributed by atoms with E-state index >= 15 is 0 Å². The first-order chi connectivity index (χ1) is 7.00. The van der Waals surface area contributed by atoms with E-state index in [1.54, 1.807) is 6.92 Å². The van der Waals surface area contributed by atoms with Crippen molar-refractivity contribution in [2.45, 2.75) is 45.8 Å². The lowest BCUT2D eigenvalue weighted by atomic mass is 10.0. The Balaban J connectivity index is 2.73. The molecule has 0 aliphatic rings. The molecule has 0 heterocycles. The van der Waals surface area contributed by atoms with Crippen LogP contribution in [0.15, 0.2) is 24.3 Å². The maximum Gasteiger partial charge on any atom is 0.121 e. The maximum atomic E-state index is 9.34. The van der Waals surface area contributed by atoms with Crippen LogP contribution in [-0.2, 0) is 0 Å². The third kappa shape index (κ3) is 3.56. The van der Waals surface area contributed by atoms with Crippen molar-refractivity contribution in [3.05, 3.63) is 29.8 Å². The van der Waals surface area contributed by atoms with Gasteiger partial charge in [-0.1, -0.05) is 26.0 Å². The van der Waals surface area contributed by atoms with Gasteiger partial charge in [0.1, 0.15) is 11.9 Å². The molecule has 0 aliphatic carbocycles. The Labute approximate surface area is 91.9 Å². The van der Waals surface area contributed by atoms with Crippen LogP contribution in [0.4, 0.5) is 0 Å². The van der Waals surface area contributed by atoms with Crippen molar-refractivity contribution >= 4 is 0 Å². The SMILES string of the molecule is CC(C)c1cccc(OC(C)C(C)O)c1. The van der Waals surface area contributed by atoms with Gasteiger partial charge in [-0.15, -0.1) is 0 Å². The molecule has 1 aromatic carbocycles. The Kier molecular flexibility index (Phi) is 4.15. The summed E-state index contributed by atoms with van der Waals surface area (Å²) in [6.07, 6.45) is -0.625. The van der Waals surface area contributed by atoms with Crippen molar-refractivity contribution in [3.8, 4) is 5.75 Å². The Morgan fingerprint density at radius 3 is 2.33 bits per heavy atom. The highest BCUT2D eigenvalue weighted by atomic mass is 16.5. The standard InChI is InChI=1S/C13H20O2/c1-9(2)12-6-5-7-13(8-12)15-11(4)10(3)14/h5-11,14H,1-4H3. The fourth-order valence-corrected chi connectivity index (χ4v) is 1.26. The predicted molar refractivity (Wildman–Crippen MR) is 62.3 cm³/mol. The van der Waals surface area contributed by atoms with Crippen molar-refractivity contribution in [2.24, 2.45) is 0 Å². The minimum absolute atomic E-state index is 0.174. The zero-order chi connectivity index (χ0) is 11.4. The van der Waals surface area contributed by atoms with Gasteiger partial charge in [-0.2, -0.15) is 0 Å². The Hall–Kier alpha value is -1.02. The molecule has 0 amide bonds. The summed E-state index contributed by atoms with van der Waals surface area (Å²) in [7, 11) is 0. The zero-order valence-corrected chi connectivity index (χ0v) is 9.90. The molecule has 0 saturated heterocycles. The number of aliphatic hydroxyl groups excluding tert-OH is 1. The molecule has 0 radical (unpaired) electrons. The second kappa shape index (κ2) is 5.17. The van der Waals surface area contributed by atoms with Gasteiger partial charge >= 0.3 is 0 Å². The van der Waals surface area contributed by atoms with E-state index in [4.69, 9.17) is 4.74 Å². The Morgan fingerprint density at radius 2 is 1.80 bits per heavy atom. The highest BCUT2D eigenvalue weighted by molar-refractivity contribution is 5.30. The van der Waals surface area contributed by atoms with E-state index in [1.807, 2.05) is 25.1 Å². The summed E-state index contributed by atoms with van der Waals surface area (Å²) in [6, 6.07) is 8.03. The van der Waals surface area contributed by atoms with E-state index in [-0.39, 0.29) is 6.10 Å². The second-order valence-corrected chi connectivity index (χ2v) is 4.29. The van der Waals surface area contributed by atoms with E-state index in [2.05, 4.69) is 19.9 Å². The molecule has 0 saturated carbocycles. The Morgan fingerprint density at radius 1 is 1.13 bits per heavy atom. The fourth-order valence-electron chi connectivity index (χ4n) is 1.26. The lowest BCUT2D eigenvalue weighted by Crippen LogP contribution is -2.25. The van der Waals surface area contributed by atoms with E-state index in [0.717, 1.165) is 5.75 Å². The minimum Gasteiger partial charge on any atom is -0.488 e. The lowest BCUT2D eigenvalue weighted by molar-refractivity contribution is 0.0604. The normalized spacial score (nSPS) is 15.1. The molecule has 1 N–H and O–H groups in total. The molecule has 1 aromatic rings. The average Bonchev–Trinajstić information content (AvgIpc) is 2.18. The van der Waals surface area contributed by atoms with Crippen molar-refractivity contribution < 1.29 is 9.84 Å². The molecular weight excluding hydrogens is 188 g/mol. The molecule has 84 valence electrons. The molecule has 1 rings (SSSR count). The number of rotatable bonds is 4. The van der Waals surface area contributed by atoms with Gasteiger partial charge < -0.3 is 9.84 Å². The molecule has 2 atom stereocenters. The number of ether oxygens (including phenoxy) is 1. The second-order valence-electron chi connectivity index (χ2n) is 4.29. The molecule has 15 heavy (non-hydrogen) atoms. The molecule has 2 nitrogen and oxygen atoms in total. The summed E-state index contributed by atoms with van der Waals surface area (Å²) < 4.78 is 5.62. The van der Waals surface area contributed by atoms with Crippen LogP contribution in [-0.4, -0.2) is 17.3 Å². The average molecular weight is 208 g/mol. The van der Waals surface area contributed by atoms with E-state index < -0.39 is 6.10 Å². The quantitative estimate of drug-likeness (QED) is 0.824. The first kappa shape index (κ1) is 12.1. The minimum atomic E-state index is -0.451. The summed E-state index contributed by atoms with van der Waals surface area (Å²) in [5.41, 5.74) is 1.25. The van der Waals surface area contributed by atoms with Gasteiger partial charge in [-0.05, 0) is 37.5 Å². The summed E-state index contributed by atoms with van der Waals surface area (Å²) in [5.74, 6) is 1.32. The summed E-state index contributed by atoms with van der Waals surface area (Å²) in [4.78, 5) is 0. The molecule has 2 unspecified atom stereocenters. The van der Waals surface area contributed by atoms with Gasteiger partial charge in [-0.25, -0.2) is 0 Å². The molecule has 0 aromatic heterocycles. The van der Waals surface area contributed by atoms with Gasteiger partial charge in [0.2, 0.25) is 0 Å². The fraction of sp³-hybridized carbons (Fsp3) is 0.538. The molecular formula is C13H20O2. The third-order valence-corrected chi connectivity index (χ3v) is 2.53. The van der Waals surface area contributed by atoms with Crippen LogP contribution in [0.5, 0.6) is 5.75 Å². The van der Waals surface area contributed by atoms with Crippen molar-refractivity contribution in [1.82, 2.24) is 0 Å². The summed E-state index contributed by atoms with van der Waals surface area (Å²) in [6.45, 7) is 7.90. The first-order valence-electron chi connectivity index (χ1n) is 5.45. The molecule has 0 aliphatic heterocycles. The first-order valence-corrected chi connectivity index (χ1v) is 5.45. The van der Waals surface area contributed by atoms with E-state index in [0.29, 0.717) is 5.92 Å². The number of hydrogen-bond donors (Lipinski definition) is 1. The van der Waals surface area contributed by atoms with Crippen LogP contribution >= 0.6 is 0 Å². The largest absolute Gasteiger partial charge is 0.488 e. The van der Waals surface area contributed by atoms with Crippen LogP contribution in [0.3, 0.4) is 0 Å². The number of benzene rings is 1. The highest BCUT2D eigenvalue weighted by Gasteiger charge is 2.10. The van der Waals surface area contributed by atoms with E-state index in [1.165, 1.54) is 5.56 Å². The lowest BCUT2D eigenvalue weighted by Gasteiger charge is -2.18. The summed E-state index contributed by atoms with van der Waals surface area (Å²) >= 11 is 0. The molecule has 0 bridgehead atoms. The van der Waals surface area contributed by atoms with Crippen LogP contribution in [0.25, 0.3) is 0 Å². The van der Waals surface area contributed by atoms with Gasteiger partial charge in [0.15, 0.2) is 0 Å². The monoisotopic (exact) mass is 208 g/mol. The van der Waals surface area contributed by atoms with Gasteiger partial charge in [-0.3, -0.25) is 0 Å². The van der Waals surface area contributed by atoms with Crippen molar-refractivity contribution in [2.75, 3.05) is 0 Å². The third-order valence-electron chi connectivity index (χ3n) is 2.53. The number of hydrogen-bond acceptors (Lipinski definition) is 2. The highest BCUT2D eigenvalue weighted by Crippen LogP contribution is 2.21. The number of aliphatic hydroxyl groups is 1. The topological polar surface area (TPSA) is 29.5 Å². The van der Waals surface area contributed by atoms with Crippen LogP contribution in [0.1, 0.15) is 39.2 Å². The van der Waals surface area contributed by atoms with Gasteiger partial charge in [0.05, 0.1) is 6.10 Å². The van der Waals surface area contributed by atoms with Crippen molar-refractivity contribution in [3.63, 3.8) is 0 Å². The molecule has 0 spiro atoms. The van der Waals surface area contributed by atoms with Crippen LogP contribution in [0, 0.1) is 0 Å². The van der Waals surface area contributed by atoms with Crippen LogP contribution < -0.4 is 4.74 Å².